The number of hydrogen-bond acceptors (Lipinski definition) is 6. The number of nitro groups is 2. The highest BCUT2D eigenvalue weighted by Gasteiger charge is 2.40. The Hall–Kier alpha value is -4.24. The molecule has 0 aliphatic rings. The third-order valence-electron chi connectivity index (χ3n) is 4.87. The summed E-state index contributed by atoms with van der Waals surface area (Å²) in [6, 6.07) is 3.30. The highest BCUT2D eigenvalue weighted by molar-refractivity contribution is 6.10. The van der Waals surface area contributed by atoms with Gasteiger partial charge in [-0.25, -0.2) is 0 Å². The first-order valence-corrected chi connectivity index (χ1v) is 10.2. The van der Waals surface area contributed by atoms with E-state index in [0.717, 1.165) is 12.1 Å². The second-order valence-corrected chi connectivity index (χ2v) is 8.13. The summed E-state index contributed by atoms with van der Waals surface area (Å²) in [7, 11) is 0. The number of nitrogens with zero attached hydrogens (tertiary/aromatic N) is 2. The van der Waals surface area contributed by atoms with Crippen LogP contribution < -0.4 is 10.6 Å². The Balaban J connectivity index is 2.36. The molecule has 2 amide bonds. The number of benzene rings is 2. The molecule has 0 aliphatic carbocycles. The second kappa shape index (κ2) is 10.8. The Morgan fingerprint density at radius 3 is 1.41 bits per heavy atom. The van der Waals surface area contributed by atoms with Crippen LogP contribution in [-0.4, -0.2) is 21.7 Å². The van der Waals surface area contributed by atoms with Crippen LogP contribution in [0.2, 0.25) is 0 Å². The number of alkyl halides is 6. The van der Waals surface area contributed by atoms with Crippen molar-refractivity contribution in [3.8, 4) is 0 Å². The lowest BCUT2D eigenvalue weighted by atomic mass is 9.95. The Bertz CT molecular complexity index is 1140. The predicted octanol–water partition coefficient (Wildman–Crippen LogP) is 5.78. The zero-order valence-corrected chi connectivity index (χ0v) is 18.9. The molecule has 0 radical (unpaired) electrons. The van der Waals surface area contributed by atoms with Gasteiger partial charge in [0.2, 0.25) is 11.8 Å². The molecule has 2 aromatic carbocycles. The van der Waals surface area contributed by atoms with Crippen LogP contribution in [0.3, 0.4) is 0 Å². The molecule has 0 aromatic heterocycles. The summed E-state index contributed by atoms with van der Waals surface area (Å²) in [5, 5.41) is 25.9. The Morgan fingerprint density at radius 1 is 0.784 bits per heavy atom. The molecule has 0 atom stereocenters. The smallest absolute Gasteiger partial charge is 0.325 e. The van der Waals surface area contributed by atoms with Crippen molar-refractivity contribution in [3.63, 3.8) is 0 Å². The number of rotatable bonds is 8. The quantitative estimate of drug-likeness (QED) is 0.189. The lowest BCUT2D eigenvalue weighted by Gasteiger charge is -2.19. The first kappa shape index (κ1) is 29.0. The molecular formula is C21H18F6N4O6. The Morgan fingerprint density at radius 2 is 1.14 bits per heavy atom. The maximum absolute atomic E-state index is 13.2. The van der Waals surface area contributed by atoms with Crippen LogP contribution in [0.25, 0.3) is 0 Å². The van der Waals surface area contributed by atoms with Crippen molar-refractivity contribution in [2.45, 2.75) is 32.6 Å². The summed E-state index contributed by atoms with van der Waals surface area (Å²) < 4.78 is 79.3. The predicted molar refractivity (Wildman–Crippen MR) is 116 cm³/mol. The van der Waals surface area contributed by atoms with E-state index in [0.29, 0.717) is 24.3 Å². The molecule has 200 valence electrons. The van der Waals surface area contributed by atoms with Crippen LogP contribution in [0.15, 0.2) is 36.4 Å². The molecule has 0 saturated carbocycles. The highest BCUT2D eigenvalue weighted by atomic mass is 19.4. The molecule has 10 nitrogen and oxygen atoms in total. The molecule has 0 unspecified atom stereocenters. The number of carbonyl (C=O) groups excluding carboxylic acids is 2. The SMILES string of the molecule is CC(C)CC(C(=O)Nc1ccc([N+](=O)[O-])c(C(F)(F)F)c1)C(=O)Nc1ccc([N+](=O)[O-])c(C(F)(F)F)c1. The lowest BCUT2D eigenvalue weighted by Crippen LogP contribution is -2.35. The molecule has 37 heavy (non-hydrogen) atoms. The minimum atomic E-state index is -5.13. The first-order valence-electron chi connectivity index (χ1n) is 10.2. The van der Waals surface area contributed by atoms with Crippen LogP contribution in [0.1, 0.15) is 31.4 Å². The van der Waals surface area contributed by atoms with E-state index >= 15 is 0 Å². The molecule has 2 rings (SSSR count). The van der Waals surface area contributed by atoms with Gasteiger partial charge in [0.05, 0.1) is 9.85 Å². The van der Waals surface area contributed by atoms with Crippen LogP contribution in [0.4, 0.5) is 49.1 Å². The highest BCUT2D eigenvalue weighted by Crippen LogP contribution is 2.39. The van der Waals surface area contributed by atoms with Gasteiger partial charge in [0.15, 0.2) is 0 Å². The van der Waals surface area contributed by atoms with Crippen LogP contribution in [-0.2, 0) is 21.9 Å². The van der Waals surface area contributed by atoms with Gasteiger partial charge in [0, 0.05) is 23.5 Å². The molecular weight excluding hydrogens is 518 g/mol. The third kappa shape index (κ3) is 7.37. The fraction of sp³-hybridized carbons (Fsp3) is 0.333. The maximum atomic E-state index is 13.2. The molecule has 0 fully saturated rings. The molecule has 0 spiro atoms. The summed E-state index contributed by atoms with van der Waals surface area (Å²) in [4.78, 5) is 44.8. The molecule has 16 heteroatoms. The number of hydrogen-bond donors (Lipinski definition) is 2. The number of nitrogens with one attached hydrogen (secondary N) is 2. The molecule has 0 bridgehead atoms. The van der Waals surface area contributed by atoms with Crippen LogP contribution in [0.5, 0.6) is 0 Å². The standard InChI is InChI=1S/C21H18F6N4O6/c1-10(2)7-13(18(32)28-11-3-5-16(30(34)35)14(8-11)20(22,23)24)19(33)29-12-4-6-17(31(36)37)15(9-12)21(25,26)27/h3-6,8-10,13H,7H2,1-2H3,(H,28,32)(H,29,33). The molecule has 2 N–H and O–H groups in total. The zero-order valence-electron chi connectivity index (χ0n) is 18.9. The van der Waals surface area contributed by atoms with Crippen molar-refractivity contribution in [1.29, 1.82) is 0 Å². The van der Waals surface area contributed by atoms with E-state index < -0.39 is 73.8 Å². The minimum absolute atomic E-state index is 0.185. The van der Waals surface area contributed by atoms with E-state index in [4.69, 9.17) is 0 Å². The Kier molecular flexibility index (Phi) is 8.46. The number of nitro benzene ring substituents is 2. The van der Waals surface area contributed by atoms with Gasteiger partial charge in [-0.3, -0.25) is 29.8 Å². The van der Waals surface area contributed by atoms with Crippen molar-refractivity contribution < 1.29 is 45.8 Å². The van der Waals surface area contributed by atoms with Gasteiger partial charge in [-0.15, -0.1) is 0 Å². The second-order valence-electron chi connectivity index (χ2n) is 8.13. The van der Waals surface area contributed by atoms with E-state index in [1.165, 1.54) is 0 Å². The summed E-state index contributed by atoms with van der Waals surface area (Å²) in [6.45, 7) is 3.18. The molecule has 0 saturated heterocycles. The van der Waals surface area contributed by atoms with Gasteiger partial charge in [-0.2, -0.15) is 26.3 Å². The lowest BCUT2D eigenvalue weighted by molar-refractivity contribution is -0.388. The summed E-state index contributed by atoms with van der Waals surface area (Å²) in [6.07, 6.45) is -10.5. The van der Waals surface area contributed by atoms with Gasteiger partial charge < -0.3 is 10.6 Å². The summed E-state index contributed by atoms with van der Waals surface area (Å²) in [5.41, 5.74) is -6.85. The van der Waals surface area contributed by atoms with Gasteiger partial charge in [-0.1, -0.05) is 13.8 Å². The first-order chi connectivity index (χ1) is 16.9. The van der Waals surface area contributed by atoms with Crippen LogP contribution >= 0.6 is 0 Å². The summed E-state index contributed by atoms with van der Waals surface area (Å²) in [5.74, 6) is -4.22. The summed E-state index contributed by atoms with van der Waals surface area (Å²) >= 11 is 0. The van der Waals surface area contributed by atoms with Crippen molar-refractivity contribution in [1.82, 2.24) is 0 Å². The van der Waals surface area contributed by atoms with E-state index in [2.05, 4.69) is 10.6 Å². The Labute approximate surface area is 203 Å². The van der Waals surface area contributed by atoms with Gasteiger partial charge in [-0.05, 0) is 36.6 Å². The topological polar surface area (TPSA) is 144 Å². The van der Waals surface area contributed by atoms with Gasteiger partial charge in [0.1, 0.15) is 17.0 Å². The van der Waals surface area contributed by atoms with Crippen LogP contribution in [0, 0.1) is 32.1 Å². The fourth-order valence-electron chi connectivity index (χ4n) is 3.26. The van der Waals surface area contributed by atoms with Crippen molar-refractivity contribution in [2.75, 3.05) is 10.6 Å². The number of amides is 2. The molecule has 0 heterocycles. The maximum Gasteiger partial charge on any atom is 0.423 e. The van der Waals surface area contributed by atoms with E-state index in [1.807, 2.05) is 0 Å². The number of carbonyl (C=O) groups is 2. The van der Waals surface area contributed by atoms with E-state index in [1.54, 1.807) is 13.8 Å². The monoisotopic (exact) mass is 536 g/mol. The van der Waals surface area contributed by atoms with Gasteiger partial charge >= 0.3 is 12.4 Å². The normalized spacial score (nSPS) is 11.9. The largest absolute Gasteiger partial charge is 0.423 e. The van der Waals surface area contributed by atoms with Crippen molar-refractivity contribution in [2.24, 2.45) is 11.8 Å². The van der Waals surface area contributed by atoms with Crippen molar-refractivity contribution >= 4 is 34.6 Å². The molecule has 2 aromatic rings. The number of halogens is 6. The zero-order chi connectivity index (χ0) is 28.3. The van der Waals surface area contributed by atoms with E-state index in [9.17, 15) is 56.2 Å². The minimum Gasteiger partial charge on any atom is -0.325 e. The van der Waals surface area contributed by atoms with Gasteiger partial charge in [0.25, 0.3) is 11.4 Å². The third-order valence-corrected chi connectivity index (χ3v) is 4.87. The number of anilines is 2. The van der Waals surface area contributed by atoms with E-state index in [-0.39, 0.29) is 12.3 Å². The fourth-order valence-corrected chi connectivity index (χ4v) is 3.26. The average molecular weight is 536 g/mol. The average Bonchev–Trinajstić information content (AvgIpc) is 2.75. The van der Waals surface area contributed by atoms with Crippen molar-refractivity contribution in [3.05, 3.63) is 67.8 Å². The molecule has 0 aliphatic heterocycles.